The third-order valence-corrected chi connectivity index (χ3v) is 5.01. The van der Waals surface area contributed by atoms with Crippen LogP contribution < -0.4 is 10.2 Å². The van der Waals surface area contributed by atoms with E-state index < -0.39 is 6.09 Å². The first kappa shape index (κ1) is 17.6. The van der Waals surface area contributed by atoms with Gasteiger partial charge in [-0.05, 0) is 25.9 Å². The maximum Gasteiger partial charge on any atom is 0.404 e. The van der Waals surface area contributed by atoms with Gasteiger partial charge in [0.15, 0.2) is 5.82 Å². The van der Waals surface area contributed by atoms with Crippen LogP contribution in [-0.4, -0.2) is 64.7 Å². The number of carbonyl (C=O) groups is 1. The molecule has 0 aliphatic carbocycles. The molecule has 0 spiro atoms. The molecule has 0 saturated carbocycles. The number of hydrogen-bond donors (Lipinski definition) is 2. The lowest BCUT2D eigenvalue weighted by Gasteiger charge is -2.21. The van der Waals surface area contributed by atoms with Crippen LogP contribution >= 0.6 is 11.5 Å². The minimum atomic E-state index is -0.951. The molecule has 0 radical (unpaired) electrons. The Kier molecular flexibility index (Phi) is 6.19. The third-order valence-electron chi connectivity index (χ3n) is 4.23. The Morgan fingerprint density at radius 3 is 2.84 bits per heavy atom. The molecule has 0 unspecified atom stereocenters. The zero-order chi connectivity index (χ0) is 17.5. The van der Waals surface area contributed by atoms with E-state index in [2.05, 4.69) is 19.5 Å². The van der Waals surface area contributed by atoms with E-state index in [1.807, 2.05) is 30.3 Å². The van der Waals surface area contributed by atoms with Gasteiger partial charge in [-0.3, -0.25) is 0 Å². The molecule has 1 aromatic heterocycles. The Balaban J connectivity index is 1.51. The molecule has 1 aromatic carbocycles. The summed E-state index contributed by atoms with van der Waals surface area (Å²) in [5.41, 5.74) is 1.05. The molecule has 1 saturated heterocycles. The Hall–Kier alpha value is -2.19. The van der Waals surface area contributed by atoms with E-state index in [1.54, 1.807) is 0 Å². The lowest BCUT2D eigenvalue weighted by atomic mass is 10.2. The fourth-order valence-electron chi connectivity index (χ4n) is 2.93. The van der Waals surface area contributed by atoms with E-state index >= 15 is 0 Å². The molecule has 2 heterocycles. The summed E-state index contributed by atoms with van der Waals surface area (Å²) in [7, 11) is 0. The van der Waals surface area contributed by atoms with Gasteiger partial charge >= 0.3 is 6.09 Å². The molecule has 1 amide bonds. The molecule has 2 aromatic rings. The molecule has 0 bridgehead atoms. The van der Waals surface area contributed by atoms with Gasteiger partial charge in [0.2, 0.25) is 5.13 Å². The van der Waals surface area contributed by atoms with Crippen LogP contribution in [0.2, 0.25) is 0 Å². The van der Waals surface area contributed by atoms with Crippen LogP contribution in [0.1, 0.15) is 12.8 Å². The van der Waals surface area contributed by atoms with Crippen molar-refractivity contribution >= 4 is 22.8 Å². The summed E-state index contributed by atoms with van der Waals surface area (Å²) in [6.07, 6.45) is 0.961. The molecule has 134 valence electrons. The summed E-state index contributed by atoms with van der Waals surface area (Å²) in [5, 5.41) is 12.0. The van der Waals surface area contributed by atoms with E-state index in [-0.39, 0.29) is 0 Å². The standard InChI is InChI=1S/C17H23N5O2S/c23-17(24)18-8-4-9-21-10-5-11-22(13-12-21)16-19-15(20-25-16)14-6-2-1-3-7-14/h1-3,6-7,18H,4-5,8-13H2,(H,23,24). The van der Waals surface area contributed by atoms with Crippen molar-refractivity contribution in [3.8, 4) is 11.4 Å². The molecule has 1 aliphatic rings. The van der Waals surface area contributed by atoms with E-state index in [4.69, 9.17) is 10.1 Å². The predicted molar refractivity (Wildman–Crippen MR) is 99.3 cm³/mol. The maximum absolute atomic E-state index is 10.5. The monoisotopic (exact) mass is 361 g/mol. The number of anilines is 1. The van der Waals surface area contributed by atoms with Gasteiger partial charge in [0, 0.05) is 43.3 Å². The molecular formula is C17H23N5O2S. The number of carboxylic acid groups (broad SMARTS) is 1. The van der Waals surface area contributed by atoms with Gasteiger partial charge in [0.25, 0.3) is 0 Å². The zero-order valence-electron chi connectivity index (χ0n) is 14.1. The van der Waals surface area contributed by atoms with Gasteiger partial charge in [0.1, 0.15) is 0 Å². The van der Waals surface area contributed by atoms with Crippen molar-refractivity contribution in [2.24, 2.45) is 0 Å². The fourth-order valence-corrected chi connectivity index (χ4v) is 3.67. The van der Waals surface area contributed by atoms with Crippen LogP contribution in [0.5, 0.6) is 0 Å². The SMILES string of the molecule is O=C(O)NCCCN1CCCN(c2nc(-c3ccccc3)ns2)CC1. The molecule has 8 heteroatoms. The van der Waals surface area contributed by atoms with Crippen LogP contribution in [0, 0.1) is 0 Å². The largest absolute Gasteiger partial charge is 0.465 e. The highest BCUT2D eigenvalue weighted by Crippen LogP contribution is 2.24. The average molecular weight is 361 g/mol. The molecule has 7 nitrogen and oxygen atoms in total. The van der Waals surface area contributed by atoms with Crippen molar-refractivity contribution in [3.63, 3.8) is 0 Å². The molecule has 25 heavy (non-hydrogen) atoms. The van der Waals surface area contributed by atoms with Crippen molar-refractivity contribution < 1.29 is 9.90 Å². The number of hydrogen-bond acceptors (Lipinski definition) is 6. The van der Waals surface area contributed by atoms with Crippen LogP contribution in [0.4, 0.5) is 9.93 Å². The first-order valence-corrected chi connectivity index (χ1v) is 9.33. The van der Waals surface area contributed by atoms with Crippen molar-refractivity contribution in [3.05, 3.63) is 30.3 Å². The third kappa shape index (κ3) is 5.14. The van der Waals surface area contributed by atoms with Gasteiger partial charge in [-0.2, -0.15) is 9.36 Å². The van der Waals surface area contributed by atoms with E-state index in [1.165, 1.54) is 11.5 Å². The maximum atomic E-state index is 10.5. The summed E-state index contributed by atoms with van der Waals surface area (Å²) in [4.78, 5) is 19.9. The highest BCUT2D eigenvalue weighted by Gasteiger charge is 2.18. The highest BCUT2D eigenvalue weighted by molar-refractivity contribution is 7.09. The van der Waals surface area contributed by atoms with Gasteiger partial charge in [-0.1, -0.05) is 30.3 Å². The Morgan fingerprint density at radius 1 is 1.20 bits per heavy atom. The molecular weight excluding hydrogens is 338 g/mol. The lowest BCUT2D eigenvalue weighted by Crippen LogP contribution is -2.33. The van der Waals surface area contributed by atoms with Crippen LogP contribution in [0.25, 0.3) is 11.4 Å². The van der Waals surface area contributed by atoms with E-state index in [0.717, 1.165) is 62.1 Å². The molecule has 2 N–H and O–H groups in total. The number of rotatable bonds is 6. The second-order valence-corrected chi connectivity index (χ2v) is 6.76. The van der Waals surface area contributed by atoms with Crippen molar-refractivity contribution in [2.75, 3.05) is 44.2 Å². The van der Waals surface area contributed by atoms with Crippen molar-refractivity contribution in [2.45, 2.75) is 12.8 Å². The summed E-state index contributed by atoms with van der Waals surface area (Å²) in [5.74, 6) is 0.793. The predicted octanol–water partition coefficient (Wildman–Crippen LogP) is 2.37. The lowest BCUT2D eigenvalue weighted by molar-refractivity contribution is 0.193. The molecule has 1 fully saturated rings. The average Bonchev–Trinajstić information content (AvgIpc) is 2.99. The van der Waals surface area contributed by atoms with Crippen molar-refractivity contribution in [1.29, 1.82) is 0 Å². The Labute approximate surface area is 151 Å². The highest BCUT2D eigenvalue weighted by atomic mass is 32.1. The second kappa shape index (κ2) is 8.77. The summed E-state index contributed by atoms with van der Waals surface area (Å²) in [6.45, 7) is 5.33. The number of amides is 1. The second-order valence-electron chi connectivity index (χ2n) is 6.03. The number of nitrogens with one attached hydrogen (secondary N) is 1. The molecule has 0 atom stereocenters. The Morgan fingerprint density at radius 2 is 2.04 bits per heavy atom. The van der Waals surface area contributed by atoms with E-state index in [0.29, 0.717) is 6.54 Å². The minimum absolute atomic E-state index is 0.506. The minimum Gasteiger partial charge on any atom is -0.465 e. The summed E-state index contributed by atoms with van der Waals surface area (Å²) >= 11 is 1.46. The van der Waals surface area contributed by atoms with Gasteiger partial charge in [0.05, 0.1) is 0 Å². The summed E-state index contributed by atoms with van der Waals surface area (Å²) < 4.78 is 4.50. The first-order chi connectivity index (χ1) is 12.2. The smallest absolute Gasteiger partial charge is 0.404 e. The zero-order valence-corrected chi connectivity index (χ0v) is 14.9. The summed E-state index contributed by atoms with van der Waals surface area (Å²) in [6, 6.07) is 10.0. The van der Waals surface area contributed by atoms with Crippen LogP contribution in [0.3, 0.4) is 0 Å². The number of nitrogens with zero attached hydrogens (tertiary/aromatic N) is 4. The van der Waals surface area contributed by atoms with Gasteiger partial charge in [-0.15, -0.1) is 0 Å². The number of benzene rings is 1. The normalized spacial score (nSPS) is 15.8. The fraction of sp³-hybridized carbons (Fsp3) is 0.471. The Bertz CT molecular complexity index is 679. The van der Waals surface area contributed by atoms with Gasteiger partial charge in [-0.25, -0.2) is 4.79 Å². The van der Waals surface area contributed by atoms with Crippen LogP contribution in [-0.2, 0) is 0 Å². The molecule has 3 rings (SSSR count). The number of aromatic nitrogens is 2. The topological polar surface area (TPSA) is 81.6 Å². The quantitative estimate of drug-likeness (QED) is 0.769. The van der Waals surface area contributed by atoms with E-state index in [9.17, 15) is 4.79 Å². The van der Waals surface area contributed by atoms with Crippen LogP contribution in [0.15, 0.2) is 30.3 Å². The molecule has 1 aliphatic heterocycles. The van der Waals surface area contributed by atoms with Crippen molar-refractivity contribution in [1.82, 2.24) is 19.6 Å². The first-order valence-electron chi connectivity index (χ1n) is 8.55. The van der Waals surface area contributed by atoms with Gasteiger partial charge < -0.3 is 20.2 Å².